The van der Waals surface area contributed by atoms with Gasteiger partial charge in [-0.05, 0) is 30.5 Å². The van der Waals surface area contributed by atoms with Crippen LogP contribution in [0, 0.1) is 12.8 Å². The number of hydrogen-bond acceptors (Lipinski definition) is 5. The monoisotopic (exact) mass is 474 g/mol. The minimum atomic E-state index is -0.310. The molecule has 4 heterocycles. The number of rotatable bonds is 6. The van der Waals surface area contributed by atoms with E-state index >= 15 is 0 Å². The number of furan rings is 1. The molecule has 9 heteroatoms. The Morgan fingerprint density at radius 2 is 1.97 bits per heavy atom. The summed E-state index contributed by atoms with van der Waals surface area (Å²) in [6.07, 6.45) is 3.88. The van der Waals surface area contributed by atoms with Crippen LogP contribution in [0.5, 0.6) is 0 Å². The number of aromatic nitrogens is 4. The van der Waals surface area contributed by atoms with E-state index in [1.54, 1.807) is 6.07 Å². The molecule has 1 aliphatic rings. The second-order valence-corrected chi connectivity index (χ2v) is 9.41. The van der Waals surface area contributed by atoms with Crippen molar-refractivity contribution in [2.75, 3.05) is 13.1 Å². The predicted molar refractivity (Wildman–Crippen MR) is 131 cm³/mol. The maximum Gasteiger partial charge on any atom is 0.255 e. The smallest absolute Gasteiger partial charge is 0.255 e. The van der Waals surface area contributed by atoms with E-state index in [0.717, 1.165) is 28.0 Å². The third-order valence-corrected chi connectivity index (χ3v) is 6.78. The molecule has 5 rings (SSSR count). The molecule has 0 bridgehead atoms. The predicted octanol–water partition coefficient (Wildman–Crippen LogP) is 3.42. The van der Waals surface area contributed by atoms with Gasteiger partial charge in [0.2, 0.25) is 5.91 Å². The van der Waals surface area contributed by atoms with E-state index in [4.69, 9.17) is 4.42 Å². The molecule has 1 aliphatic heterocycles. The van der Waals surface area contributed by atoms with Crippen molar-refractivity contribution < 1.29 is 14.0 Å². The average Bonchev–Trinajstić information content (AvgIpc) is 3.54. The normalized spacial score (nSPS) is 14.7. The van der Waals surface area contributed by atoms with Crippen molar-refractivity contribution in [1.82, 2.24) is 30.0 Å². The summed E-state index contributed by atoms with van der Waals surface area (Å²) in [6, 6.07) is 9.41. The molecule has 1 aromatic carbocycles. The molecule has 4 aromatic rings. The van der Waals surface area contributed by atoms with Gasteiger partial charge in [-0.25, -0.2) is 0 Å². The van der Waals surface area contributed by atoms with Gasteiger partial charge >= 0.3 is 0 Å². The second kappa shape index (κ2) is 9.40. The Hall–Kier alpha value is -3.88. The number of amides is 2. The minimum Gasteiger partial charge on any atom is -0.472 e. The first-order chi connectivity index (χ1) is 16.9. The van der Waals surface area contributed by atoms with Gasteiger partial charge in [0.15, 0.2) is 5.82 Å². The summed E-state index contributed by atoms with van der Waals surface area (Å²) in [6.45, 7) is 7.84. The molecule has 2 N–H and O–H groups in total. The first-order valence-electron chi connectivity index (χ1n) is 12.0. The van der Waals surface area contributed by atoms with Gasteiger partial charge in [-0.3, -0.25) is 9.59 Å². The summed E-state index contributed by atoms with van der Waals surface area (Å²) < 4.78 is 7.10. The third kappa shape index (κ3) is 4.45. The molecule has 182 valence electrons. The molecule has 0 radical (unpaired) electrons. The van der Waals surface area contributed by atoms with Crippen molar-refractivity contribution in [2.45, 2.75) is 46.2 Å². The summed E-state index contributed by atoms with van der Waals surface area (Å²) in [7, 11) is 0. The fraction of sp³-hybridized carbons (Fsp3) is 0.385. The fourth-order valence-electron chi connectivity index (χ4n) is 4.80. The molecule has 0 spiro atoms. The van der Waals surface area contributed by atoms with Gasteiger partial charge < -0.3 is 24.2 Å². The first-order valence-corrected chi connectivity index (χ1v) is 12.0. The van der Waals surface area contributed by atoms with Crippen LogP contribution in [0.25, 0.3) is 10.9 Å². The molecular weight excluding hydrogens is 444 g/mol. The van der Waals surface area contributed by atoms with Crippen LogP contribution < -0.4 is 5.32 Å². The van der Waals surface area contributed by atoms with Gasteiger partial charge in [0, 0.05) is 42.7 Å². The Bertz CT molecular complexity index is 1350. The number of carbonyl (C=O) groups excluding carboxylic acids is 2. The van der Waals surface area contributed by atoms with Crippen LogP contribution in [-0.2, 0) is 24.2 Å². The number of nitrogens with zero attached hydrogens (tertiary/aromatic N) is 4. The zero-order valence-electron chi connectivity index (χ0n) is 20.2. The van der Waals surface area contributed by atoms with E-state index in [1.807, 2.05) is 43.9 Å². The second-order valence-electron chi connectivity index (χ2n) is 9.41. The molecule has 1 atom stereocenters. The topological polar surface area (TPSA) is 109 Å². The number of aryl methyl sites for hydroxylation is 1. The lowest BCUT2D eigenvalue weighted by Gasteiger charge is -2.23. The lowest BCUT2D eigenvalue weighted by atomic mass is 10.0. The van der Waals surface area contributed by atoms with Crippen molar-refractivity contribution in [1.29, 1.82) is 0 Å². The summed E-state index contributed by atoms with van der Waals surface area (Å²) in [4.78, 5) is 31.3. The summed E-state index contributed by atoms with van der Waals surface area (Å²) in [5, 5.41) is 13.0. The van der Waals surface area contributed by atoms with Gasteiger partial charge in [0.25, 0.3) is 5.91 Å². The number of carbonyl (C=O) groups is 2. The van der Waals surface area contributed by atoms with Gasteiger partial charge in [-0.1, -0.05) is 32.0 Å². The zero-order valence-corrected chi connectivity index (χ0v) is 20.2. The van der Waals surface area contributed by atoms with Crippen LogP contribution in [0.3, 0.4) is 0 Å². The largest absolute Gasteiger partial charge is 0.472 e. The Morgan fingerprint density at radius 3 is 2.74 bits per heavy atom. The quantitative estimate of drug-likeness (QED) is 0.445. The third-order valence-electron chi connectivity index (χ3n) is 6.78. The van der Waals surface area contributed by atoms with E-state index in [9.17, 15) is 9.59 Å². The first kappa shape index (κ1) is 22.9. The number of hydrogen-bond donors (Lipinski definition) is 2. The van der Waals surface area contributed by atoms with E-state index in [0.29, 0.717) is 43.9 Å². The number of H-pyrrole nitrogens is 1. The highest BCUT2D eigenvalue weighted by molar-refractivity contribution is 5.94. The fourth-order valence-corrected chi connectivity index (χ4v) is 4.80. The maximum atomic E-state index is 13.3. The van der Waals surface area contributed by atoms with E-state index < -0.39 is 0 Å². The van der Waals surface area contributed by atoms with Crippen molar-refractivity contribution in [3.8, 4) is 0 Å². The number of para-hydroxylation sites is 1. The Balaban J connectivity index is 1.31. The number of aromatic amines is 1. The molecule has 0 fully saturated rings. The molecule has 0 aliphatic carbocycles. The number of benzene rings is 1. The van der Waals surface area contributed by atoms with E-state index in [1.165, 1.54) is 12.5 Å². The van der Waals surface area contributed by atoms with Crippen LogP contribution in [0.2, 0.25) is 0 Å². The number of fused-ring (bicyclic) bond motifs is 2. The molecule has 35 heavy (non-hydrogen) atoms. The molecule has 9 nitrogen and oxygen atoms in total. The Morgan fingerprint density at radius 1 is 1.14 bits per heavy atom. The van der Waals surface area contributed by atoms with Crippen molar-refractivity contribution >= 4 is 22.7 Å². The van der Waals surface area contributed by atoms with Gasteiger partial charge in [0.1, 0.15) is 12.1 Å². The highest BCUT2D eigenvalue weighted by Crippen LogP contribution is 2.25. The minimum absolute atomic E-state index is 0.102. The molecule has 3 aromatic heterocycles. The standard InChI is InChI=1S/C26H30N6O3/c1-16(2)24(28-26(34)18-9-13-35-15-18)25-30-29-22-8-10-31(11-12-32(22)25)23(33)14-20-17(3)27-21-7-5-4-6-19(20)21/h4-7,9,13,15-16,24,27H,8,10-12,14H2,1-3H3,(H,28,34). The lowest BCUT2D eigenvalue weighted by molar-refractivity contribution is -0.130. The summed E-state index contributed by atoms with van der Waals surface area (Å²) >= 11 is 0. The van der Waals surface area contributed by atoms with Crippen molar-refractivity contribution in [3.05, 3.63) is 71.3 Å². The average molecular weight is 475 g/mol. The van der Waals surface area contributed by atoms with Crippen LogP contribution in [0.1, 0.15) is 53.2 Å². The Kier molecular flexibility index (Phi) is 6.15. The van der Waals surface area contributed by atoms with Crippen LogP contribution in [0.15, 0.2) is 47.3 Å². The van der Waals surface area contributed by atoms with Gasteiger partial charge in [0.05, 0.1) is 24.3 Å². The molecule has 1 unspecified atom stereocenters. The lowest BCUT2D eigenvalue weighted by Crippen LogP contribution is -2.36. The molecule has 2 amide bonds. The van der Waals surface area contributed by atoms with Crippen molar-refractivity contribution in [3.63, 3.8) is 0 Å². The van der Waals surface area contributed by atoms with Gasteiger partial charge in [-0.15, -0.1) is 10.2 Å². The molecular formula is C26H30N6O3. The van der Waals surface area contributed by atoms with E-state index in [2.05, 4.69) is 31.1 Å². The van der Waals surface area contributed by atoms with Crippen LogP contribution >= 0.6 is 0 Å². The van der Waals surface area contributed by atoms with Gasteiger partial charge in [-0.2, -0.15) is 0 Å². The maximum absolute atomic E-state index is 13.3. The molecule has 0 saturated carbocycles. The molecule has 0 saturated heterocycles. The van der Waals surface area contributed by atoms with Crippen LogP contribution in [-0.4, -0.2) is 49.6 Å². The highest BCUT2D eigenvalue weighted by atomic mass is 16.3. The SMILES string of the molecule is Cc1[nH]c2ccccc2c1CC(=O)N1CCc2nnc(C(NC(=O)c3ccoc3)C(C)C)n2CC1. The van der Waals surface area contributed by atoms with E-state index in [-0.39, 0.29) is 23.8 Å². The summed E-state index contributed by atoms with van der Waals surface area (Å²) in [5.74, 6) is 1.54. The Labute approximate surface area is 203 Å². The number of nitrogens with one attached hydrogen (secondary N) is 2. The highest BCUT2D eigenvalue weighted by Gasteiger charge is 2.29. The van der Waals surface area contributed by atoms with Crippen LogP contribution in [0.4, 0.5) is 0 Å². The summed E-state index contributed by atoms with van der Waals surface area (Å²) in [5.41, 5.74) is 3.60. The van der Waals surface area contributed by atoms with Crippen molar-refractivity contribution in [2.24, 2.45) is 5.92 Å². The zero-order chi connectivity index (χ0) is 24.5.